The molecule has 1 aliphatic rings. The third kappa shape index (κ3) is 4.37. The van der Waals surface area contributed by atoms with Gasteiger partial charge in [0.15, 0.2) is 0 Å². The van der Waals surface area contributed by atoms with Crippen molar-refractivity contribution in [2.45, 2.75) is 39.2 Å². The zero-order valence-corrected chi connectivity index (χ0v) is 16.9. The molecule has 0 aromatic carbocycles. The number of aromatic amines is 1. The van der Waals surface area contributed by atoms with Gasteiger partial charge in [0.05, 0.1) is 5.56 Å². The molecular formula is C20H28N4O4. The zero-order valence-electron chi connectivity index (χ0n) is 16.9. The van der Waals surface area contributed by atoms with Crippen molar-refractivity contribution in [3.63, 3.8) is 0 Å². The first-order valence-corrected chi connectivity index (χ1v) is 9.58. The number of carbonyl (C=O) groups excluding carboxylic acids is 2. The summed E-state index contributed by atoms with van der Waals surface area (Å²) in [6, 6.07) is 1.73. The summed E-state index contributed by atoms with van der Waals surface area (Å²) in [4.78, 5) is 41.7. The molecule has 1 fully saturated rings. The van der Waals surface area contributed by atoms with Crippen LogP contribution in [0.25, 0.3) is 10.9 Å². The monoisotopic (exact) mass is 388 g/mol. The molecule has 1 atom stereocenters. The Morgan fingerprint density at radius 3 is 2.82 bits per heavy atom. The lowest BCUT2D eigenvalue weighted by Crippen LogP contribution is -2.45. The fourth-order valence-corrected chi connectivity index (χ4v) is 3.51. The molecule has 0 bridgehead atoms. The van der Waals surface area contributed by atoms with E-state index in [0.717, 1.165) is 12.8 Å². The third-order valence-electron chi connectivity index (χ3n) is 4.86. The van der Waals surface area contributed by atoms with Gasteiger partial charge >= 0.3 is 6.09 Å². The standard InChI is InChI=1S/C20H28N4O4/c1-20(2,3)28-19(27)24-9-5-6-13(11-24)10-22-17(25)15-12-23(4)18(26)16-14(15)7-8-21-16/h7-8,12-13,21H,5-6,9-11H2,1-4H3,(H,22,25). The second-order valence-corrected chi connectivity index (χ2v) is 8.37. The largest absolute Gasteiger partial charge is 0.444 e. The Morgan fingerprint density at radius 1 is 1.36 bits per heavy atom. The SMILES string of the molecule is Cn1cc(C(=O)NCC2CCCN(C(=O)OC(C)(C)C)C2)c2cc[nH]c2c1=O. The van der Waals surface area contributed by atoms with E-state index in [1.54, 1.807) is 30.4 Å². The van der Waals surface area contributed by atoms with Gasteiger partial charge in [0, 0.05) is 44.5 Å². The van der Waals surface area contributed by atoms with Crippen LogP contribution in [-0.4, -0.2) is 51.7 Å². The van der Waals surface area contributed by atoms with E-state index in [-0.39, 0.29) is 23.5 Å². The number of nitrogens with one attached hydrogen (secondary N) is 2. The van der Waals surface area contributed by atoms with Crippen LogP contribution in [0.3, 0.4) is 0 Å². The van der Waals surface area contributed by atoms with E-state index in [0.29, 0.717) is 36.1 Å². The van der Waals surface area contributed by atoms with E-state index < -0.39 is 5.60 Å². The lowest BCUT2D eigenvalue weighted by atomic mass is 9.98. The van der Waals surface area contributed by atoms with Crippen LogP contribution in [0.4, 0.5) is 4.79 Å². The Labute approximate surface area is 163 Å². The molecule has 3 heterocycles. The number of rotatable bonds is 3. The van der Waals surface area contributed by atoms with Crippen molar-refractivity contribution in [1.82, 2.24) is 19.8 Å². The number of aryl methyl sites for hydroxylation is 1. The number of hydrogen-bond donors (Lipinski definition) is 2. The first-order chi connectivity index (χ1) is 13.2. The maximum Gasteiger partial charge on any atom is 0.410 e. The summed E-state index contributed by atoms with van der Waals surface area (Å²) in [5.41, 5.74) is 0.183. The molecule has 1 saturated heterocycles. The van der Waals surface area contributed by atoms with Gasteiger partial charge in [-0.3, -0.25) is 9.59 Å². The fourth-order valence-electron chi connectivity index (χ4n) is 3.51. The minimum absolute atomic E-state index is 0.166. The second kappa shape index (κ2) is 7.69. The minimum Gasteiger partial charge on any atom is -0.444 e. The van der Waals surface area contributed by atoms with Crippen LogP contribution in [0.1, 0.15) is 44.0 Å². The van der Waals surface area contributed by atoms with Gasteiger partial charge in [-0.2, -0.15) is 0 Å². The van der Waals surface area contributed by atoms with Gasteiger partial charge < -0.3 is 24.5 Å². The summed E-state index contributed by atoms with van der Waals surface area (Å²) < 4.78 is 6.85. The normalized spacial score (nSPS) is 17.6. The highest BCUT2D eigenvalue weighted by atomic mass is 16.6. The van der Waals surface area contributed by atoms with E-state index in [1.165, 1.54) is 4.57 Å². The highest BCUT2D eigenvalue weighted by Gasteiger charge is 2.28. The number of nitrogens with zero attached hydrogens (tertiary/aromatic N) is 2. The number of likely N-dealkylation sites (tertiary alicyclic amines) is 1. The number of fused-ring (bicyclic) bond motifs is 1. The topological polar surface area (TPSA) is 96.4 Å². The number of amides is 2. The smallest absolute Gasteiger partial charge is 0.410 e. The van der Waals surface area contributed by atoms with Crippen LogP contribution in [0.2, 0.25) is 0 Å². The number of hydrogen-bond acceptors (Lipinski definition) is 4. The van der Waals surface area contributed by atoms with Crippen molar-refractivity contribution >= 4 is 22.9 Å². The van der Waals surface area contributed by atoms with Crippen molar-refractivity contribution < 1.29 is 14.3 Å². The van der Waals surface area contributed by atoms with E-state index in [4.69, 9.17) is 4.74 Å². The van der Waals surface area contributed by atoms with Crippen LogP contribution in [0.15, 0.2) is 23.3 Å². The van der Waals surface area contributed by atoms with Gasteiger partial charge in [0.1, 0.15) is 11.1 Å². The average Bonchev–Trinajstić information content (AvgIpc) is 3.11. The Morgan fingerprint density at radius 2 is 2.11 bits per heavy atom. The Kier molecular flexibility index (Phi) is 5.49. The summed E-state index contributed by atoms with van der Waals surface area (Å²) in [5.74, 6) is -0.0611. The molecule has 0 spiro atoms. The summed E-state index contributed by atoms with van der Waals surface area (Å²) in [5, 5.41) is 3.57. The van der Waals surface area contributed by atoms with Crippen LogP contribution in [-0.2, 0) is 11.8 Å². The van der Waals surface area contributed by atoms with Gasteiger partial charge in [-0.1, -0.05) is 0 Å². The molecule has 3 rings (SSSR count). The van der Waals surface area contributed by atoms with Crippen molar-refractivity contribution in [3.05, 3.63) is 34.4 Å². The molecule has 8 nitrogen and oxygen atoms in total. The maximum absolute atomic E-state index is 12.7. The maximum atomic E-state index is 12.7. The number of ether oxygens (including phenoxy) is 1. The lowest BCUT2D eigenvalue weighted by molar-refractivity contribution is 0.0167. The molecule has 8 heteroatoms. The number of H-pyrrole nitrogens is 1. The third-order valence-corrected chi connectivity index (χ3v) is 4.86. The summed E-state index contributed by atoms with van der Waals surface area (Å²) in [6.45, 7) is 7.24. The quantitative estimate of drug-likeness (QED) is 0.843. The van der Waals surface area contributed by atoms with Crippen LogP contribution < -0.4 is 10.9 Å². The number of pyridine rings is 1. The molecule has 0 aliphatic carbocycles. The molecule has 2 amide bonds. The summed E-state index contributed by atoms with van der Waals surface area (Å²) in [6.07, 6.45) is 4.72. The Balaban J connectivity index is 1.64. The van der Waals surface area contributed by atoms with Crippen LogP contribution in [0.5, 0.6) is 0 Å². The summed E-state index contributed by atoms with van der Waals surface area (Å²) in [7, 11) is 1.62. The first-order valence-electron chi connectivity index (χ1n) is 9.58. The van der Waals surface area contributed by atoms with Gasteiger partial charge in [-0.25, -0.2) is 4.79 Å². The Hall–Kier alpha value is -2.77. The van der Waals surface area contributed by atoms with Gasteiger partial charge in [0.2, 0.25) is 0 Å². The Bertz CT molecular complexity index is 938. The summed E-state index contributed by atoms with van der Waals surface area (Å²) >= 11 is 0. The predicted molar refractivity (Wildman–Crippen MR) is 106 cm³/mol. The van der Waals surface area contributed by atoms with Gasteiger partial charge in [0.25, 0.3) is 11.5 Å². The average molecular weight is 388 g/mol. The molecule has 0 saturated carbocycles. The molecular weight excluding hydrogens is 360 g/mol. The highest BCUT2D eigenvalue weighted by Crippen LogP contribution is 2.19. The molecule has 152 valence electrons. The van der Waals surface area contributed by atoms with Crippen molar-refractivity contribution in [1.29, 1.82) is 0 Å². The molecule has 2 aromatic rings. The van der Waals surface area contributed by atoms with E-state index >= 15 is 0 Å². The van der Waals surface area contributed by atoms with Gasteiger partial charge in [-0.15, -0.1) is 0 Å². The highest BCUT2D eigenvalue weighted by molar-refractivity contribution is 6.05. The second-order valence-electron chi connectivity index (χ2n) is 8.37. The van der Waals surface area contributed by atoms with E-state index in [1.807, 2.05) is 20.8 Å². The first kappa shape index (κ1) is 20.0. The van der Waals surface area contributed by atoms with Crippen molar-refractivity contribution in [2.24, 2.45) is 13.0 Å². The van der Waals surface area contributed by atoms with Crippen LogP contribution in [0, 0.1) is 5.92 Å². The number of piperidine rings is 1. The fraction of sp³-hybridized carbons (Fsp3) is 0.550. The molecule has 1 aliphatic heterocycles. The number of carbonyl (C=O) groups is 2. The predicted octanol–water partition coefficient (Wildman–Crippen LogP) is 2.24. The number of aromatic nitrogens is 2. The van der Waals surface area contributed by atoms with E-state index in [9.17, 15) is 14.4 Å². The van der Waals surface area contributed by atoms with Crippen LogP contribution >= 0.6 is 0 Å². The molecule has 28 heavy (non-hydrogen) atoms. The lowest BCUT2D eigenvalue weighted by Gasteiger charge is -2.34. The van der Waals surface area contributed by atoms with Crippen molar-refractivity contribution in [3.8, 4) is 0 Å². The zero-order chi connectivity index (χ0) is 20.5. The molecule has 2 N–H and O–H groups in total. The minimum atomic E-state index is -0.524. The molecule has 0 radical (unpaired) electrons. The van der Waals surface area contributed by atoms with Crippen molar-refractivity contribution in [2.75, 3.05) is 19.6 Å². The molecule has 2 aromatic heterocycles. The molecule has 1 unspecified atom stereocenters. The van der Waals surface area contributed by atoms with Gasteiger partial charge in [-0.05, 0) is 45.6 Å². The van der Waals surface area contributed by atoms with E-state index in [2.05, 4.69) is 10.3 Å².